The SMILES string of the molecule is CC1(c2ccc(Cl)cc2F)Oc2cccc(C3CCN(Cc4ncc(/C=C/C(=O)O)n4Cc4cccnc4C(F)(F)F)CC3)c2O1. The minimum atomic E-state index is -4.65. The molecule has 2 aromatic carbocycles. The molecule has 1 unspecified atom stereocenters. The number of carboxylic acid groups (broad SMARTS) is 1. The third kappa shape index (κ3) is 6.45. The second kappa shape index (κ2) is 12.4. The number of aliphatic carboxylic acids is 1. The molecule has 0 aliphatic carbocycles. The fourth-order valence-electron chi connectivity index (χ4n) is 6.06. The van der Waals surface area contributed by atoms with Gasteiger partial charge in [0.15, 0.2) is 11.5 Å². The number of rotatable bonds is 8. The molecule has 0 radical (unpaired) electrons. The van der Waals surface area contributed by atoms with Gasteiger partial charge in [0.1, 0.15) is 17.3 Å². The average molecular weight is 657 g/mol. The highest BCUT2D eigenvalue weighted by Gasteiger charge is 2.43. The van der Waals surface area contributed by atoms with Crippen LogP contribution in [-0.2, 0) is 29.8 Å². The molecule has 0 bridgehead atoms. The molecule has 0 amide bonds. The van der Waals surface area contributed by atoms with Gasteiger partial charge in [-0.3, -0.25) is 9.88 Å². The van der Waals surface area contributed by atoms with Crippen LogP contribution in [0.2, 0.25) is 5.02 Å². The number of pyridine rings is 1. The maximum atomic E-state index is 14.8. The summed E-state index contributed by atoms with van der Waals surface area (Å²) in [7, 11) is 0. The Balaban J connectivity index is 1.19. The summed E-state index contributed by atoms with van der Waals surface area (Å²) in [6.45, 7) is 3.14. The standard InChI is InChI=1S/C33H29ClF4N4O4/c1-32(25-9-7-22(34)16-26(25)35)45-27-6-2-5-24(30(27)46-32)20-11-14-41(15-12-20)19-28-40-17-23(8-10-29(43)44)42(28)18-21-4-3-13-39-31(21)33(36,37)38/h2-10,13,16-17,20H,11-12,14-15,18-19H2,1H3,(H,43,44)/b10-8+. The largest absolute Gasteiger partial charge is 0.478 e. The zero-order valence-electron chi connectivity index (χ0n) is 24.6. The lowest BCUT2D eigenvalue weighted by Crippen LogP contribution is -2.34. The normalized spacial score (nSPS) is 18.8. The van der Waals surface area contributed by atoms with E-state index in [1.165, 1.54) is 30.5 Å². The highest BCUT2D eigenvalue weighted by molar-refractivity contribution is 6.30. The molecule has 1 fully saturated rings. The molecule has 1 N–H and O–H groups in total. The number of imidazole rings is 1. The van der Waals surface area contributed by atoms with Crippen molar-refractivity contribution in [1.82, 2.24) is 19.4 Å². The molecule has 8 nitrogen and oxygen atoms in total. The number of likely N-dealkylation sites (tertiary alicyclic amines) is 1. The van der Waals surface area contributed by atoms with Crippen molar-refractivity contribution in [2.45, 2.75) is 50.7 Å². The Labute approximate surface area is 266 Å². The summed E-state index contributed by atoms with van der Waals surface area (Å²) in [5.41, 5.74) is 0.495. The molecule has 2 aliphatic heterocycles. The van der Waals surface area contributed by atoms with Gasteiger partial charge in [-0.25, -0.2) is 14.2 Å². The zero-order valence-corrected chi connectivity index (χ0v) is 25.4. The van der Waals surface area contributed by atoms with Gasteiger partial charge >= 0.3 is 12.1 Å². The van der Waals surface area contributed by atoms with E-state index >= 15 is 0 Å². The van der Waals surface area contributed by atoms with Gasteiger partial charge in [0.05, 0.1) is 30.5 Å². The lowest BCUT2D eigenvalue weighted by Gasteiger charge is -2.32. The number of hydrogen-bond acceptors (Lipinski definition) is 6. The monoisotopic (exact) mass is 656 g/mol. The molecule has 0 spiro atoms. The van der Waals surface area contributed by atoms with E-state index in [2.05, 4.69) is 14.9 Å². The van der Waals surface area contributed by atoms with Gasteiger partial charge in [-0.1, -0.05) is 29.8 Å². The van der Waals surface area contributed by atoms with Crippen molar-refractivity contribution in [1.29, 1.82) is 0 Å². The second-order valence-corrected chi connectivity index (χ2v) is 11.8. The number of nitrogens with zero attached hydrogens (tertiary/aromatic N) is 4. The third-order valence-electron chi connectivity index (χ3n) is 8.28. The van der Waals surface area contributed by atoms with Crippen molar-refractivity contribution in [2.75, 3.05) is 13.1 Å². The Morgan fingerprint density at radius 1 is 1.11 bits per heavy atom. The summed E-state index contributed by atoms with van der Waals surface area (Å²) in [5, 5.41) is 9.41. The molecule has 46 heavy (non-hydrogen) atoms. The van der Waals surface area contributed by atoms with Crippen LogP contribution in [0.3, 0.4) is 0 Å². The number of piperidine rings is 1. The molecular weight excluding hydrogens is 628 g/mol. The third-order valence-corrected chi connectivity index (χ3v) is 8.51. The van der Waals surface area contributed by atoms with Crippen molar-refractivity contribution >= 4 is 23.6 Å². The topological polar surface area (TPSA) is 89.7 Å². The van der Waals surface area contributed by atoms with Crippen LogP contribution in [0.15, 0.2) is 67.0 Å². The number of ether oxygens (including phenoxy) is 2. The zero-order chi connectivity index (χ0) is 32.6. The van der Waals surface area contributed by atoms with Gasteiger partial charge in [0.2, 0.25) is 0 Å². The van der Waals surface area contributed by atoms with Gasteiger partial charge < -0.3 is 19.1 Å². The molecule has 0 saturated carbocycles. The minimum Gasteiger partial charge on any atom is -0.478 e. The molecule has 6 rings (SSSR count). The van der Waals surface area contributed by atoms with Crippen LogP contribution in [0.5, 0.6) is 11.5 Å². The highest BCUT2D eigenvalue weighted by atomic mass is 35.5. The van der Waals surface area contributed by atoms with Gasteiger partial charge in [0.25, 0.3) is 5.79 Å². The number of halogens is 5. The number of hydrogen-bond donors (Lipinski definition) is 1. The number of para-hydroxylation sites is 1. The van der Waals surface area contributed by atoms with Crippen LogP contribution in [0.25, 0.3) is 6.08 Å². The second-order valence-electron chi connectivity index (χ2n) is 11.4. The quantitative estimate of drug-likeness (QED) is 0.158. The molecular formula is C33H29ClF4N4O4. The fourth-order valence-corrected chi connectivity index (χ4v) is 6.22. The van der Waals surface area contributed by atoms with Crippen molar-refractivity contribution < 1.29 is 36.9 Å². The smallest absolute Gasteiger partial charge is 0.433 e. The predicted octanol–water partition coefficient (Wildman–Crippen LogP) is 7.26. The number of fused-ring (bicyclic) bond motifs is 1. The van der Waals surface area contributed by atoms with Crippen LogP contribution in [0.4, 0.5) is 17.6 Å². The van der Waals surface area contributed by atoms with Gasteiger partial charge in [0, 0.05) is 35.3 Å². The van der Waals surface area contributed by atoms with Gasteiger partial charge in [-0.05, 0) is 68.3 Å². The maximum Gasteiger partial charge on any atom is 0.433 e. The molecule has 1 saturated heterocycles. The first-order chi connectivity index (χ1) is 21.9. The predicted molar refractivity (Wildman–Crippen MR) is 161 cm³/mol. The van der Waals surface area contributed by atoms with Gasteiger partial charge in [-0.15, -0.1) is 0 Å². The van der Waals surface area contributed by atoms with E-state index in [0.29, 0.717) is 42.7 Å². The van der Waals surface area contributed by atoms with E-state index in [1.807, 2.05) is 12.1 Å². The van der Waals surface area contributed by atoms with E-state index in [9.17, 15) is 22.4 Å². The van der Waals surface area contributed by atoms with Crippen LogP contribution in [-0.4, -0.2) is 43.6 Å². The Morgan fingerprint density at radius 3 is 2.61 bits per heavy atom. The van der Waals surface area contributed by atoms with E-state index in [1.54, 1.807) is 29.7 Å². The molecule has 4 aromatic rings. The molecule has 240 valence electrons. The van der Waals surface area contributed by atoms with Crippen LogP contribution in [0.1, 0.15) is 59.6 Å². The van der Waals surface area contributed by atoms with Crippen LogP contribution < -0.4 is 9.47 Å². The lowest BCUT2D eigenvalue weighted by molar-refractivity contribution is -0.141. The van der Waals surface area contributed by atoms with Crippen molar-refractivity contribution in [3.8, 4) is 11.5 Å². The lowest BCUT2D eigenvalue weighted by atomic mass is 9.88. The van der Waals surface area contributed by atoms with Crippen LogP contribution in [0, 0.1) is 5.82 Å². The number of benzene rings is 2. The number of carboxylic acids is 1. The Morgan fingerprint density at radius 2 is 1.89 bits per heavy atom. The molecule has 1 atom stereocenters. The summed E-state index contributed by atoms with van der Waals surface area (Å²) in [6.07, 6.45) is 1.63. The summed E-state index contributed by atoms with van der Waals surface area (Å²) in [5.74, 6) is -1.37. The average Bonchev–Trinajstić information content (AvgIpc) is 3.55. The number of carbonyl (C=O) groups is 1. The van der Waals surface area contributed by atoms with E-state index in [4.69, 9.17) is 26.2 Å². The molecule has 2 aliphatic rings. The Kier molecular flexibility index (Phi) is 8.51. The summed E-state index contributed by atoms with van der Waals surface area (Å²) >= 11 is 5.94. The first-order valence-electron chi connectivity index (χ1n) is 14.6. The van der Waals surface area contributed by atoms with E-state index in [-0.39, 0.29) is 28.6 Å². The number of aromatic nitrogens is 3. The first-order valence-corrected chi connectivity index (χ1v) is 14.9. The minimum absolute atomic E-state index is 0.0523. The van der Waals surface area contributed by atoms with E-state index < -0.39 is 29.4 Å². The molecule has 2 aromatic heterocycles. The maximum absolute atomic E-state index is 14.8. The van der Waals surface area contributed by atoms with Gasteiger partial charge in [-0.2, -0.15) is 13.2 Å². The van der Waals surface area contributed by atoms with E-state index in [0.717, 1.165) is 30.7 Å². The highest BCUT2D eigenvalue weighted by Crippen LogP contribution is 2.50. The summed E-state index contributed by atoms with van der Waals surface area (Å²) in [4.78, 5) is 21.3. The molecule has 13 heteroatoms. The Bertz CT molecular complexity index is 1800. The Hall–Kier alpha value is -4.42. The van der Waals surface area contributed by atoms with Crippen molar-refractivity contribution in [3.63, 3.8) is 0 Å². The first kappa shape index (κ1) is 31.6. The summed E-state index contributed by atoms with van der Waals surface area (Å²) in [6, 6.07) is 12.8. The fraction of sp³-hybridized carbons (Fsp3) is 0.303. The number of alkyl halides is 3. The summed E-state index contributed by atoms with van der Waals surface area (Å²) < 4.78 is 69.9. The molecule has 4 heterocycles. The van der Waals surface area contributed by atoms with Crippen LogP contribution >= 0.6 is 11.6 Å². The van der Waals surface area contributed by atoms with Crippen molar-refractivity contribution in [3.05, 3.63) is 112 Å². The van der Waals surface area contributed by atoms with Crippen molar-refractivity contribution in [2.24, 2.45) is 0 Å².